The largest absolute Gasteiger partial charge is 0.491 e. The number of rotatable bonds is 0. The number of benzene rings is 1. The molecular weight excluding hydrogens is 269 g/mol. The first kappa shape index (κ1) is 11.5. The SMILES string of the molecule is Cl.NC1COc2cc(Br)ccc2C1=O. The van der Waals surface area contributed by atoms with Crippen molar-refractivity contribution >= 4 is 34.1 Å². The number of nitrogens with two attached hydrogens (primary N) is 1. The van der Waals surface area contributed by atoms with Gasteiger partial charge in [0.1, 0.15) is 18.4 Å². The van der Waals surface area contributed by atoms with Crippen LogP contribution in [0.2, 0.25) is 0 Å². The van der Waals surface area contributed by atoms with Crippen molar-refractivity contribution in [3.05, 3.63) is 28.2 Å². The van der Waals surface area contributed by atoms with E-state index in [-0.39, 0.29) is 24.8 Å². The molecule has 1 aliphatic rings. The lowest BCUT2D eigenvalue weighted by Crippen LogP contribution is -2.40. The van der Waals surface area contributed by atoms with Gasteiger partial charge in [-0.2, -0.15) is 0 Å². The van der Waals surface area contributed by atoms with Gasteiger partial charge in [0.15, 0.2) is 5.78 Å². The highest BCUT2D eigenvalue weighted by Gasteiger charge is 2.25. The fraction of sp³-hybridized carbons (Fsp3) is 0.222. The predicted octanol–water partition coefficient (Wildman–Crippen LogP) is 1.77. The first-order chi connectivity index (χ1) is 6.18. The molecule has 1 aromatic carbocycles. The molecule has 1 aromatic rings. The maximum absolute atomic E-state index is 11.5. The van der Waals surface area contributed by atoms with Crippen LogP contribution in [0.5, 0.6) is 5.75 Å². The summed E-state index contributed by atoms with van der Waals surface area (Å²) in [6, 6.07) is 4.78. The van der Waals surface area contributed by atoms with E-state index in [0.717, 1.165) is 4.47 Å². The second-order valence-electron chi connectivity index (χ2n) is 2.92. The van der Waals surface area contributed by atoms with Crippen LogP contribution in [0.1, 0.15) is 10.4 Å². The van der Waals surface area contributed by atoms with Crippen molar-refractivity contribution in [2.24, 2.45) is 5.73 Å². The Hall–Kier alpha value is -0.580. The van der Waals surface area contributed by atoms with E-state index in [2.05, 4.69) is 15.9 Å². The molecule has 1 unspecified atom stereocenters. The fourth-order valence-corrected chi connectivity index (χ4v) is 1.61. The first-order valence-corrected chi connectivity index (χ1v) is 4.70. The van der Waals surface area contributed by atoms with Crippen LogP contribution < -0.4 is 10.5 Å². The first-order valence-electron chi connectivity index (χ1n) is 3.90. The summed E-state index contributed by atoms with van der Waals surface area (Å²) in [7, 11) is 0. The number of hydrogen-bond acceptors (Lipinski definition) is 3. The molecule has 76 valence electrons. The molecule has 0 amide bonds. The Labute approximate surface area is 96.2 Å². The third-order valence-corrected chi connectivity index (χ3v) is 2.46. The Balaban J connectivity index is 0.000000980. The van der Waals surface area contributed by atoms with Gasteiger partial charge in [-0.3, -0.25) is 4.79 Å². The second kappa shape index (κ2) is 4.29. The van der Waals surface area contributed by atoms with Crippen molar-refractivity contribution in [1.82, 2.24) is 0 Å². The lowest BCUT2D eigenvalue weighted by atomic mass is 10.0. The summed E-state index contributed by atoms with van der Waals surface area (Å²) in [5.41, 5.74) is 6.12. The molecule has 0 saturated heterocycles. The molecule has 0 aromatic heterocycles. The van der Waals surface area contributed by atoms with Crippen LogP contribution >= 0.6 is 28.3 Å². The molecule has 0 radical (unpaired) electrons. The van der Waals surface area contributed by atoms with Gasteiger partial charge in [-0.15, -0.1) is 12.4 Å². The molecule has 5 heteroatoms. The lowest BCUT2D eigenvalue weighted by Gasteiger charge is -2.21. The summed E-state index contributed by atoms with van der Waals surface area (Å²) in [5, 5.41) is 0. The monoisotopic (exact) mass is 277 g/mol. The zero-order valence-electron chi connectivity index (χ0n) is 7.20. The van der Waals surface area contributed by atoms with Crippen molar-refractivity contribution in [3.8, 4) is 5.75 Å². The molecule has 0 spiro atoms. The molecule has 1 heterocycles. The highest BCUT2D eigenvalue weighted by Crippen LogP contribution is 2.27. The molecular formula is C9H9BrClNO2. The molecule has 2 N–H and O–H groups in total. The minimum absolute atomic E-state index is 0. The second-order valence-corrected chi connectivity index (χ2v) is 3.84. The maximum atomic E-state index is 11.5. The number of Topliss-reactive ketones (excluding diaryl/α,β-unsaturated/α-hetero) is 1. The number of fused-ring (bicyclic) bond motifs is 1. The van der Waals surface area contributed by atoms with E-state index in [1.165, 1.54) is 0 Å². The number of carbonyl (C=O) groups is 1. The van der Waals surface area contributed by atoms with E-state index in [9.17, 15) is 4.79 Å². The van der Waals surface area contributed by atoms with Crippen LogP contribution in [0.3, 0.4) is 0 Å². The van der Waals surface area contributed by atoms with Gasteiger partial charge in [0.05, 0.1) is 5.56 Å². The van der Waals surface area contributed by atoms with Crippen molar-refractivity contribution in [3.63, 3.8) is 0 Å². The zero-order chi connectivity index (χ0) is 9.42. The average Bonchev–Trinajstić information content (AvgIpc) is 2.12. The summed E-state index contributed by atoms with van der Waals surface area (Å²) in [6.45, 7) is 0.266. The van der Waals surface area contributed by atoms with Gasteiger partial charge >= 0.3 is 0 Å². The van der Waals surface area contributed by atoms with E-state index in [1.807, 2.05) is 0 Å². The highest BCUT2D eigenvalue weighted by molar-refractivity contribution is 9.10. The molecule has 1 aliphatic heterocycles. The van der Waals surface area contributed by atoms with Crippen LogP contribution in [0.4, 0.5) is 0 Å². The van der Waals surface area contributed by atoms with E-state index < -0.39 is 6.04 Å². The van der Waals surface area contributed by atoms with E-state index >= 15 is 0 Å². The van der Waals surface area contributed by atoms with Crippen molar-refractivity contribution in [2.45, 2.75) is 6.04 Å². The molecule has 0 bridgehead atoms. The third-order valence-electron chi connectivity index (χ3n) is 1.96. The van der Waals surface area contributed by atoms with E-state index in [4.69, 9.17) is 10.5 Å². The molecule has 0 saturated carbocycles. The number of ketones is 1. The van der Waals surface area contributed by atoms with Crippen molar-refractivity contribution in [1.29, 1.82) is 0 Å². The van der Waals surface area contributed by atoms with Gasteiger partial charge in [0, 0.05) is 4.47 Å². The van der Waals surface area contributed by atoms with E-state index in [0.29, 0.717) is 11.3 Å². The molecule has 2 rings (SSSR count). The van der Waals surface area contributed by atoms with Gasteiger partial charge in [0.25, 0.3) is 0 Å². The van der Waals surface area contributed by atoms with Crippen molar-refractivity contribution < 1.29 is 9.53 Å². The van der Waals surface area contributed by atoms with Crippen molar-refractivity contribution in [2.75, 3.05) is 6.61 Å². The Morgan fingerprint density at radius 3 is 2.93 bits per heavy atom. The Kier molecular flexibility index (Phi) is 3.53. The normalized spacial score (nSPS) is 19.3. The van der Waals surface area contributed by atoms with Gasteiger partial charge in [0.2, 0.25) is 0 Å². The molecule has 0 aliphatic carbocycles. The highest BCUT2D eigenvalue weighted by atomic mass is 79.9. The summed E-state index contributed by atoms with van der Waals surface area (Å²) >= 11 is 3.30. The van der Waals surface area contributed by atoms with Crippen LogP contribution in [0.25, 0.3) is 0 Å². The maximum Gasteiger partial charge on any atom is 0.186 e. The minimum Gasteiger partial charge on any atom is -0.491 e. The summed E-state index contributed by atoms with van der Waals surface area (Å²) < 4.78 is 6.21. The van der Waals surface area contributed by atoms with Crippen LogP contribution in [-0.4, -0.2) is 18.4 Å². The van der Waals surface area contributed by atoms with Crippen LogP contribution in [0, 0.1) is 0 Å². The van der Waals surface area contributed by atoms with Gasteiger partial charge < -0.3 is 10.5 Å². The van der Waals surface area contributed by atoms with Gasteiger partial charge in [-0.1, -0.05) is 15.9 Å². The molecule has 1 atom stereocenters. The minimum atomic E-state index is -0.520. The smallest absolute Gasteiger partial charge is 0.186 e. The van der Waals surface area contributed by atoms with Gasteiger partial charge in [-0.25, -0.2) is 0 Å². The molecule has 3 nitrogen and oxygen atoms in total. The standard InChI is InChI=1S/C9H8BrNO2.ClH/c10-5-1-2-6-8(3-5)13-4-7(11)9(6)12;/h1-3,7H,4,11H2;1H. The summed E-state index contributed by atoms with van der Waals surface area (Å²) in [6.07, 6.45) is 0. The fourth-order valence-electron chi connectivity index (χ4n) is 1.27. The predicted molar refractivity (Wildman–Crippen MR) is 59.2 cm³/mol. The number of carbonyl (C=O) groups excluding carboxylic acids is 1. The topological polar surface area (TPSA) is 52.3 Å². The zero-order valence-corrected chi connectivity index (χ0v) is 9.60. The Bertz CT molecular complexity index is 370. The number of hydrogen-bond donors (Lipinski definition) is 1. The third kappa shape index (κ3) is 1.92. The quantitative estimate of drug-likeness (QED) is 0.787. The molecule has 0 fully saturated rings. The lowest BCUT2D eigenvalue weighted by molar-refractivity contribution is 0.0899. The summed E-state index contributed by atoms with van der Waals surface area (Å²) in [4.78, 5) is 11.5. The Morgan fingerprint density at radius 1 is 1.50 bits per heavy atom. The van der Waals surface area contributed by atoms with Crippen LogP contribution in [0.15, 0.2) is 22.7 Å². The molecule has 14 heavy (non-hydrogen) atoms. The Morgan fingerprint density at radius 2 is 2.21 bits per heavy atom. The van der Waals surface area contributed by atoms with Gasteiger partial charge in [-0.05, 0) is 18.2 Å². The van der Waals surface area contributed by atoms with E-state index in [1.54, 1.807) is 18.2 Å². The van der Waals surface area contributed by atoms with Crippen LogP contribution in [-0.2, 0) is 0 Å². The number of halogens is 2. The number of ether oxygens (including phenoxy) is 1. The summed E-state index contributed by atoms with van der Waals surface area (Å²) in [5.74, 6) is 0.565. The average molecular weight is 279 g/mol.